The third-order valence-corrected chi connectivity index (χ3v) is 4.75. The first-order valence-electron chi connectivity index (χ1n) is 8.86. The van der Waals surface area contributed by atoms with Crippen molar-refractivity contribution >= 4 is 11.8 Å². The van der Waals surface area contributed by atoms with Crippen LogP contribution in [0.5, 0.6) is 5.75 Å². The Balaban J connectivity index is 1.67. The monoisotopic (exact) mass is 352 g/mol. The van der Waals surface area contributed by atoms with Gasteiger partial charge in [-0.1, -0.05) is 24.3 Å². The molecule has 0 aliphatic carbocycles. The minimum atomic E-state index is -0.122. The van der Waals surface area contributed by atoms with E-state index in [-0.39, 0.29) is 11.8 Å². The number of methoxy groups -OCH3 is 1. The minimum Gasteiger partial charge on any atom is -0.496 e. The molecule has 5 heteroatoms. The number of carbonyl (C=O) groups is 2. The van der Waals surface area contributed by atoms with E-state index in [1.165, 1.54) is 0 Å². The summed E-state index contributed by atoms with van der Waals surface area (Å²) >= 11 is 0. The lowest BCUT2D eigenvalue weighted by molar-refractivity contribution is -0.128. The molecule has 1 fully saturated rings. The highest BCUT2D eigenvalue weighted by molar-refractivity contribution is 5.94. The molecule has 0 spiro atoms. The van der Waals surface area contributed by atoms with Gasteiger partial charge in [-0.15, -0.1) is 0 Å². The van der Waals surface area contributed by atoms with Crippen LogP contribution in [0.3, 0.4) is 0 Å². The first-order chi connectivity index (χ1) is 12.6. The van der Waals surface area contributed by atoms with Crippen molar-refractivity contribution in [1.29, 1.82) is 0 Å². The van der Waals surface area contributed by atoms with Gasteiger partial charge in [0.25, 0.3) is 5.91 Å². The number of hydrogen-bond donors (Lipinski definition) is 1. The maximum Gasteiger partial charge on any atom is 0.251 e. The van der Waals surface area contributed by atoms with Crippen LogP contribution in [0.15, 0.2) is 42.5 Å². The number of nitrogens with one attached hydrogen (secondary N) is 1. The molecule has 0 saturated carbocycles. The van der Waals surface area contributed by atoms with Gasteiger partial charge >= 0.3 is 0 Å². The van der Waals surface area contributed by atoms with Gasteiger partial charge in [0, 0.05) is 31.6 Å². The van der Waals surface area contributed by atoms with Gasteiger partial charge in [-0.25, -0.2) is 0 Å². The molecule has 0 radical (unpaired) electrons. The van der Waals surface area contributed by atoms with Gasteiger partial charge in [0.05, 0.1) is 7.11 Å². The van der Waals surface area contributed by atoms with Gasteiger partial charge in [0.15, 0.2) is 0 Å². The second-order valence-corrected chi connectivity index (χ2v) is 6.55. The van der Waals surface area contributed by atoms with Gasteiger partial charge in [0.2, 0.25) is 5.91 Å². The number of rotatable bonds is 6. The lowest BCUT2D eigenvalue weighted by atomic mass is 10.1. The summed E-state index contributed by atoms with van der Waals surface area (Å²) in [5, 5.41) is 2.97. The zero-order chi connectivity index (χ0) is 18.5. The number of amides is 2. The molecule has 5 nitrogen and oxygen atoms in total. The van der Waals surface area contributed by atoms with Crippen LogP contribution in [-0.4, -0.2) is 30.4 Å². The molecule has 2 aromatic carbocycles. The maximum absolute atomic E-state index is 12.5. The van der Waals surface area contributed by atoms with Crippen LogP contribution >= 0.6 is 0 Å². The highest BCUT2D eigenvalue weighted by atomic mass is 16.5. The Bertz CT molecular complexity index is 817. The van der Waals surface area contributed by atoms with Gasteiger partial charge < -0.3 is 15.0 Å². The number of ether oxygens (including phenoxy) is 1. The maximum atomic E-state index is 12.5. The molecule has 1 heterocycles. The van der Waals surface area contributed by atoms with E-state index in [2.05, 4.69) is 5.32 Å². The first kappa shape index (κ1) is 18.0. The van der Waals surface area contributed by atoms with E-state index in [1.807, 2.05) is 42.2 Å². The van der Waals surface area contributed by atoms with E-state index in [0.29, 0.717) is 25.1 Å². The molecule has 2 aromatic rings. The normalized spacial score (nSPS) is 13.8. The van der Waals surface area contributed by atoms with Crippen LogP contribution in [0.25, 0.3) is 0 Å². The molecule has 26 heavy (non-hydrogen) atoms. The smallest absolute Gasteiger partial charge is 0.251 e. The van der Waals surface area contributed by atoms with Crippen LogP contribution in [0.1, 0.15) is 39.9 Å². The fourth-order valence-corrected chi connectivity index (χ4v) is 3.26. The van der Waals surface area contributed by atoms with Gasteiger partial charge in [-0.05, 0) is 48.2 Å². The highest BCUT2D eigenvalue weighted by Crippen LogP contribution is 2.19. The summed E-state index contributed by atoms with van der Waals surface area (Å²) in [5.41, 5.74) is 3.64. The Morgan fingerprint density at radius 3 is 2.62 bits per heavy atom. The third-order valence-electron chi connectivity index (χ3n) is 4.75. The molecule has 1 aliphatic heterocycles. The van der Waals surface area contributed by atoms with Crippen molar-refractivity contribution in [1.82, 2.24) is 10.2 Å². The Hall–Kier alpha value is -2.82. The quantitative estimate of drug-likeness (QED) is 0.869. The first-order valence-corrected chi connectivity index (χ1v) is 8.86. The molecule has 0 unspecified atom stereocenters. The number of hydrogen-bond acceptors (Lipinski definition) is 3. The predicted molar refractivity (Wildman–Crippen MR) is 100.0 cm³/mol. The van der Waals surface area contributed by atoms with Crippen LogP contribution in [0.4, 0.5) is 0 Å². The third kappa shape index (κ3) is 4.04. The highest BCUT2D eigenvalue weighted by Gasteiger charge is 2.21. The lowest BCUT2D eigenvalue weighted by Crippen LogP contribution is -2.26. The molecule has 1 aliphatic rings. The minimum absolute atomic E-state index is 0.122. The van der Waals surface area contributed by atoms with E-state index in [4.69, 9.17) is 4.74 Å². The van der Waals surface area contributed by atoms with E-state index < -0.39 is 0 Å². The summed E-state index contributed by atoms with van der Waals surface area (Å²) < 4.78 is 5.23. The molecule has 0 atom stereocenters. The molecule has 1 N–H and O–H groups in total. The van der Waals surface area contributed by atoms with Gasteiger partial charge in [0.1, 0.15) is 5.75 Å². The Labute approximate surface area is 154 Å². The number of benzene rings is 2. The summed E-state index contributed by atoms with van der Waals surface area (Å²) in [7, 11) is 1.62. The van der Waals surface area contributed by atoms with Crippen molar-refractivity contribution in [2.24, 2.45) is 0 Å². The van der Waals surface area contributed by atoms with Crippen LogP contribution in [0, 0.1) is 6.92 Å². The van der Waals surface area contributed by atoms with E-state index in [1.54, 1.807) is 19.2 Å². The Kier molecular flexibility index (Phi) is 5.56. The zero-order valence-electron chi connectivity index (χ0n) is 15.2. The number of aryl methyl sites for hydroxylation is 1. The summed E-state index contributed by atoms with van der Waals surface area (Å²) in [4.78, 5) is 26.2. The number of carbonyl (C=O) groups excluding carboxylic acids is 2. The lowest BCUT2D eigenvalue weighted by Gasteiger charge is -2.18. The van der Waals surface area contributed by atoms with Crippen LogP contribution in [0.2, 0.25) is 0 Å². The molecule has 136 valence electrons. The number of likely N-dealkylation sites (tertiary alicyclic amines) is 1. The summed E-state index contributed by atoms with van der Waals surface area (Å²) in [5.74, 6) is 0.850. The van der Waals surface area contributed by atoms with E-state index >= 15 is 0 Å². The second-order valence-electron chi connectivity index (χ2n) is 6.55. The molecule has 3 rings (SSSR count). The Morgan fingerprint density at radius 1 is 1.19 bits per heavy atom. The van der Waals surface area contributed by atoms with Crippen LogP contribution < -0.4 is 10.1 Å². The SMILES string of the molecule is COc1ccc(C(=O)NCc2ccccc2CN2CCCC2=O)cc1C. The summed E-state index contributed by atoms with van der Waals surface area (Å²) in [6, 6.07) is 13.3. The van der Waals surface area contributed by atoms with Crippen LogP contribution in [-0.2, 0) is 17.9 Å². The predicted octanol–water partition coefficient (Wildman–Crippen LogP) is 3.06. The molecular weight excluding hydrogens is 328 g/mol. The average Bonchev–Trinajstić information content (AvgIpc) is 3.05. The van der Waals surface area contributed by atoms with Gasteiger partial charge in [-0.2, -0.15) is 0 Å². The van der Waals surface area contributed by atoms with Crippen molar-refractivity contribution in [3.63, 3.8) is 0 Å². The number of nitrogens with zero attached hydrogens (tertiary/aromatic N) is 1. The fourth-order valence-electron chi connectivity index (χ4n) is 3.26. The van der Waals surface area contributed by atoms with Crippen molar-refractivity contribution in [3.8, 4) is 5.75 Å². The molecule has 2 amide bonds. The van der Waals surface area contributed by atoms with Crippen molar-refractivity contribution in [3.05, 3.63) is 64.7 Å². The molecule has 1 saturated heterocycles. The largest absolute Gasteiger partial charge is 0.496 e. The molecular formula is C21H24N2O3. The molecule has 0 aromatic heterocycles. The second kappa shape index (κ2) is 8.04. The topological polar surface area (TPSA) is 58.6 Å². The van der Waals surface area contributed by atoms with E-state index in [0.717, 1.165) is 35.4 Å². The average molecular weight is 352 g/mol. The van der Waals surface area contributed by atoms with Crippen molar-refractivity contribution in [2.45, 2.75) is 32.9 Å². The van der Waals surface area contributed by atoms with Crippen molar-refractivity contribution in [2.75, 3.05) is 13.7 Å². The summed E-state index contributed by atoms with van der Waals surface area (Å²) in [6.45, 7) is 3.76. The zero-order valence-corrected chi connectivity index (χ0v) is 15.2. The van der Waals surface area contributed by atoms with Crippen molar-refractivity contribution < 1.29 is 14.3 Å². The van der Waals surface area contributed by atoms with Gasteiger partial charge in [-0.3, -0.25) is 9.59 Å². The fraction of sp³-hybridized carbons (Fsp3) is 0.333. The summed E-state index contributed by atoms with van der Waals surface area (Å²) in [6.07, 6.45) is 1.56. The molecule has 0 bridgehead atoms. The van der Waals surface area contributed by atoms with E-state index in [9.17, 15) is 9.59 Å². The standard InChI is InChI=1S/C21H24N2O3/c1-15-12-16(9-10-19(15)26-2)21(25)22-13-17-6-3-4-7-18(17)14-23-11-5-8-20(23)24/h3-4,6-7,9-10,12H,5,8,11,13-14H2,1-2H3,(H,22,25). The Morgan fingerprint density at radius 2 is 1.96 bits per heavy atom.